The van der Waals surface area contributed by atoms with Crippen LogP contribution in [0.1, 0.15) is 606 Å². The van der Waals surface area contributed by atoms with Gasteiger partial charge >= 0.3 is 0 Å². The number of unbranched alkanes of at least 4 members (excludes halogenated alkanes) is 78. The zero-order valence-corrected chi connectivity index (χ0v) is 93.7. The number of benzene rings is 3. The van der Waals surface area contributed by atoms with Gasteiger partial charge in [0, 0.05) is 42.8 Å². The van der Waals surface area contributed by atoms with Gasteiger partial charge in [-0.3, -0.25) is 0 Å². The Morgan fingerprint density at radius 3 is 0.547 bits per heavy atom. The Kier molecular flexibility index (Phi) is 71.2. The van der Waals surface area contributed by atoms with Crippen LogP contribution in [0, 0.1) is 5.41 Å². The zero-order chi connectivity index (χ0) is 96.7. The summed E-state index contributed by atoms with van der Waals surface area (Å²) in [5.74, 6) is 5.55. The SMILES string of the molecule is CCCCCCCCCCCCCCCCOc1cc(OCCCCCCCCCCCCCCCC)cc(C2=CC3=c4cc(-c5cc(OCCCCCCCCCCCCCCCC)cc(OCCCCCCCCCCCCCCCC)c5)sc4=C4C=C(c5cc(OCCCCCCCCCCCCCCCC)cc(OCCCCCCCCCCCCCCCC)c5)SC(C)(S2)C34C)c1. The van der Waals surface area contributed by atoms with Gasteiger partial charge in [0.05, 0.1) is 43.7 Å². The second-order valence-electron chi connectivity index (χ2n) is 43.2. The van der Waals surface area contributed by atoms with Gasteiger partial charge in [0.1, 0.15) is 34.5 Å². The molecule has 0 fully saturated rings. The zero-order valence-electron chi connectivity index (χ0n) is 91.2. The quantitative estimate of drug-likeness (QED) is 0.0405. The van der Waals surface area contributed by atoms with Crippen molar-refractivity contribution in [1.82, 2.24) is 0 Å². The Balaban J connectivity index is 1.19. The summed E-state index contributed by atoms with van der Waals surface area (Å²) >= 11 is 6.11. The first-order valence-electron chi connectivity index (χ1n) is 60.6. The molecule has 0 bridgehead atoms. The number of hydrogen-bond donors (Lipinski definition) is 0. The minimum absolute atomic E-state index is 0.320. The molecule has 0 spiro atoms. The molecule has 1 aliphatic carbocycles. The van der Waals surface area contributed by atoms with E-state index in [-0.39, 0.29) is 9.49 Å². The van der Waals surface area contributed by atoms with Gasteiger partial charge in [0.2, 0.25) is 0 Å². The van der Waals surface area contributed by atoms with Gasteiger partial charge in [-0.25, -0.2) is 0 Å². The molecular weight excluding hydrogens is 1730 g/mol. The fraction of sp³-hybridized carbons (Fsp3) is 0.781. The van der Waals surface area contributed by atoms with Crippen molar-refractivity contribution in [2.24, 2.45) is 5.41 Å². The molecule has 2 unspecified atom stereocenters. The predicted octanol–water partition coefficient (Wildman–Crippen LogP) is 43.2. The second-order valence-corrected chi connectivity index (χ2v) is 47.5. The Morgan fingerprint density at radius 2 is 0.358 bits per heavy atom. The van der Waals surface area contributed by atoms with Crippen LogP contribution in [0.15, 0.2) is 72.8 Å². The van der Waals surface area contributed by atoms with Crippen LogP contribution in [-0.2, 0) is 0 Å². The normalized spacial score (nSPS) is 15.1. The van der Waals surface area contributed by atoms with Crippen LogP contribution in [-0.4, -0.2) is 43.7 Å². The van der Waals surface area contributed by atoms with E-state index in [1.807, 2.05) is 11.3 Å². The number of allylic oxidation sites excluding steroid dienone is 2. The highest BCUT2D eigenvalue weighted by Crippen LogP contribution is 2.71. The fourth-order valence-corrected chi connectivity index (χ4v) is 25.8. The van der Waals surface area contributed by atoms with E-state index in [4.69, 9.17) is 28.4 Å². The Hall–Kier alpha value is -3.92. The van der Waals surface area contributed by atoms with Gasteiger partial charge in [0.15, 0.2) is 0 Å². The van der Waals surface area contributed by atoms with E-state index in [2.05, 4.69) is 152 Å². The third-order valence-electron chi connectivity index (χ3n) is 30.5. The third-order valence-corrected chi connectivity index (χ3v) is 35.0. The molecule has 3 aliphatic rings. The van der Waals surface area contributed by atoms with Gasteiger partial charge in [-0.05, 0) is 140 Å². The maximum absolute atomic E-state index is 6.98. The summed E-state index contributed by atoms with van der Waals surface area (Å²) in [6.07, 6.45) is 118. The second kappa shape index (κ2) is 81.3. The van der Waals surface area contributed by atoms with Crippen molar-refractivity contribution in [3.05, 3.63) is 93.7 Å². The molecule has 4 aromatic rings. The molecule has 0 saturated heterocycles. The molecule has 782 valence electrons. The van der Waals surface area contributed by atoms with Crippen molar-refractivity contribution in [3.63, 3.8) is 0 Å². The van der Waals surface area contributed by atoms with E-state index in [1.165, 1.54) is 553 Å². The van der Waals surface area contributed by atoms with Crippen LogP contribution in [0.5, 0.6) is 34.5 Å². The van der Waals surface area contributed by atoms with Crippen molar-refractivity contribution < 1.29 is 28.4 Å². The lowest BCUT2D eigenvalue weighted by Gasteiger charge is -2.51. The molecule has 137 heavy (non-hydrogen) atoms. The third kappa shape index (κ3) is 53.1. The van der Waals surface area contributed by atoms with Crippen LogP contribution in [0.2, 0.25) is 0 Å². The van der Waals surface area contributed by atoms with Crippen LogP contribution in [0.25, 0.3) is 31.4 Å². The van der Waals surface area contributed by atoms with E-state index in [1.54, 1.807) is 0 Å². The molecule has 9 heteroatoms. The fourth-order valence-electron chi connectivity index (χ4n) is 21.3. The topological polar surface area (TPSA) is 55.4 Å². The van der Waals surface area contributed by atoms with E-state index >= 15 is 0 Å². The molecule has 6 nitrogen and oxygen atoms in total. The lowest BCUT2D eigenvalue weighted by Crippen LogP contribution is -2.43. The van der Waals surface area contributed by atoms with E-state index in [0.29, 0.717) is 26.4 Å². The number of ether oxygens (including phenoxy) is 6. The average molecular weight is 1950 g/mol. The lowest BCUT2D eigenvalue weighted by atomic mass is 9.73. The van der Waals surface area contributed by atoms with Crippen molar-refractivity contribution in [2.75, 3.05) is 39.6 Å². The van der Waals surface area contributed by atoms with Gasteiger partial charge in [-0.2, -0.15) is 0 Å². The van der Waals surface area contributed by atoms with Gasteiger partial charge in [0.25, 0.3) is 0 Å². The maximum atomic E-state index is 6.98. The summed E-state index contributed by atoms with van der Waals surface area (Å²) < 4.78 is 42.8. The Morgan fingerprint density at radius 1 is 0.190 bits per heavy atom. The van der Waals surface area contributed by atoms with Gasteiger partial charge in [-0.15, -0.1) is 34.9 Å². The molecule has 2 atom stereocenters. The summed E-state index contributed by atoms with van der Waals surface area (Å²) in [5, 5.41) is 1.35. The molecule has 3 aromatic carbocycles. The van der Waals surface area contributed by atoms with Gasteiger partial charge < -0.3 is 28.4 Å². The van der Waals surface area contributed by atoms with Crippen LogP contribution in [0.3, 0.4) is 0 Å². The molecule has 1 aromatic heterocycles. The lowest BCUT2D eigenvalue weighted by molar-refractivity contribution is 0.289. The summed E-state index contributed by atoms with van der Waals surface area (Å²) in [7, 11) is 0. The number of hydrogen-bond acceptors (Lipinski definition) is 9. The highest BCUT2D eigenvalue weighted by Gasteiger charge is 2.58. The molecule has 0 radical (unpaired) electrons. The Labute approximate surface area is 860 Å². The number of thiophene rings is 1. The first-order chi connectivity index (χ1) is 67.7. The molecule has 3 heterocycles. The van der Waals surface area contributed by atoms with E-state index in [9.17, 15) is 0 Å². The number of thioether (sulfide) groups is 2. The molecule has 0 N–H and O–H groups in total. The van der Waals surface area contributed by atoms with Crippen molar-refractivity contribution >= 4 is 55.8 Å². The standard InChI is InChI=1S/C128H216O6S3/c1-9-15-21-27-33-39-45-51-57-63-69-75-81-87-93-129-114-99-111(100-115(105-114)130-94-88-82-76-70-64-58-52-46-40-34-28-22-16-10-2)123-108-120-121-109-124(112-101-116(131-95-89-83-77-71-65-59-53-47-41-35-29-23-17-11-3)106-117(102-112)132-96-90-84-78-72-66-60-54-48-42-36-30-24-18-12-4)136-128(8)127(121,7)122(126(120)135-123)110-125(137-128)113-103-118(133-97-91-85-79-73-67-61-55-49-43-37-31-25-19-13-5)107-119(104-113)134-98-92-86-80-74-68-62-56-50-44-38-32-26-20-14-6/h99-110H,9-98H2,1-8H3. The van der Waals surface area contributed by atoms with Crippen molar-refractivity contribution in [3.8, 4) is 44.9 Å². The van der Waals surface area contributed by atoms with Crippen molar-refractivity contribution in [1.29, 1.82) is 0 Å². The monoisotopic (exact) mass is 1950 g/mol. The van der Waals surface area contributed by atoms with Crippen LogP contribution in [0.4, 0.5) is 0 Å². The number of rotatable bonds is 99. The van der Waals surface area contributed by atoms with Gasteiger partial charge in [-0.1, -0.05) is 542 Å². The number of fused-ring (bicyclic) bond motifs is 1. The first kappa shape index (κ1) is 120. The highest BCUT2D eigenvalue weighted by atomic mass is 32.2. The molecular formula is C128H216O6S3. The summed E-state index contributed by atoms with van der Waals surface area (Å²) in [6.45, 7) is 23.4. The van der Waals surface area contributed by atoms with Crippen molar-refractivity contribution in [2.45, 2.75) is 599 Å². The summed E-state index contributed by atoms with van der Waals surface area (Å²) in [5.41, 5.74) is 6.06. The highest BCUT2D eigenvalue weighted by molar-refractivity contribution is 8.26. The Bertz CT molecular complexity index is 3420. The van der Waals surface area contributed by atoms with E-state index < -0.39 is 0 Å². The minimum Gasteiger partial charge on any atom is -0.493 e. The van der Waals surface area contributed by atoms with Crippen LogP contribution < -0.4 is 38.2 Å². The average Bonchev–Trinajstić information content (AvgIpc) is 1.52. The first-order valence-corrected chi connectivity index (χ1v) is 63.1. The maximum Gasteiger partial charge on any atom is 0.123 e. The van der Waals surface area contributed by atoms with Crippen LogP contribution >= 0.6 is 34.9 Å². The molecule has 0 saturated carbocycles. The predicted molar refractivity (Wildman–Crippen MR) is 611 cm³/mol. The van der Waals surface area contributed by atoms with E-state index in [0.717, 1.165) is 86.2 Å². The minimum atomic E-state index is -0.360. The largest absolute Gasteiger partial charge is 0.493 e. The smallest absolute Gasteiger partial charge is 0.123 e. The molecule has 2 aliphatic heterocycles. The molecule has 7 rings (SSSR count). The molecule has 0 amide bonds. The summed E-state index contributed by atoms with van der Waals surface area (Å²) in [4.78, 5) is 3.82. The summed E-state index contributed by atoms with van der Waals surface area (Å²) in [6, 6.07) is 23.3.